The van der Waals surface area contributed by atoms with Crippen molar-refractivity contribution >= 4 is 23.8 Å². The van der Waals surface area contributed by atoms with Crippen LogP contribution < -0.4 is 5.43 Å². The normalized spacial score (nSPS) is 11.2. The second-order valence-electron chi connectivity index (χ2n) is 5.19. The first-order chi connectivity index (χ1) is 12.4. The van der Waals surface area contributed by atoms with E-state index < -0.39 is 36.2 Å². The summed E-state index contributed by atoms with van der Waals surface area (Å²) in [7, 11) is 0. The number of hydrogen-bond donors (Lipinski definition) is 1. The van der Waals surface area contributed by atoms with Gasteiger partial charge in [-0.25, -0.2) is 5.01 Å². The van der Waals surface area contributed by atoms with E-state index in [0.29, 0.717) is 5.69 Å². The number of carbonyl (C=O) groups excluding carboxylic acids is 4. The fourth-order valence-electron chi connectivity index (χ4n) is 2.18. The number of pyridine rings is 1. The Balaban J connectivity index is 3.14. The van der Waals surface area contributed by atoms with E-state index in [1.165, 1.54) is 13.1 Å². The van der Waals surface area contributed by atoms with E-state index in [2.05, 4.69) is 10.4 Å². The molecule has 0 spiro atoms. The molecule has 0 bridgehead atoms. The second-order valence-corrected chi connectivity index (χ2v) is 5.19. The molecule has 9 heteroatoms. The highest BCUT2D eigenvalue weighted by Crippen LogP contribution is 2.22. The van der Waals surface area contributed by atoms with Crippen molar-refractivity contribution in [2.24, 2.45) is 0 Å². The van der Waals surface area contributed by atoms with Gasteiger partial charge in [-0.2, -0.15) is 0 Å². The predicted octanol–water partition coefficient (Wildman–Crippen LogP) is 0.909. The predicted molar refractivity (Wildman–Crippen MR) is 90.1 cm³/mol. The Morgan fingerprint density at radius 3 is 2.31 bits per heavy atom. The van der Waals surface area contributed by atoms with E-state index in [9.17, 15) is 19.2 Å². The van der Waals surface area contributed by atoms with E-state index >= 15 is 0 Å². The van der Waals surface area contributed by atoms with Crippen LogP contribution in [0.4, 0.5) is 0 Å². The SMILES string of the molecule is CCOC(=O)CC(=O)N(NC(C)=O)C(CC(=O)OCC)c1ccccn1. The molecule has 1 atom stereocenters. The zero-order chi connectivity index (χ0) is 19.5. The largest absolute Gasteiger partial charge is 0.466 e. The molecule has 9 nitrogen and oxygen atoms in total. The van der Waals surface area contributed by atoms with E-state index in [1.54, 1.807) is 32.0 Å². The number of amides is 2. The molecule has 1 aromatic heterocycles. The number of hydrazine groups is 1. The van der Waals surface area contributed by atoms with Crippen molar-refractivity contribution < 1.29 is 28.7 Å². The van der Waals surface area contributed by atoms with Crippen LogP contribution in [0.1, 0.15) is 45.3 Å². The lowest BCUT2D eigenvalue weighted by Crippen LogP contribution is -2.49. The number of carbonyl (C=O) groups is 4. The molecule has 26 heavy (non-hydrogen) atoms. The van der Waals surface area contributed by atoms with Gasteiger partial charge in [-0.05, 0) is 26.0 Å². The van der Waals surface area contributed by atoms with Gasteiger partial charge in [0.2, 0.25) is 5.91 Å². The Morgan fingerprint density at radius 2 is 1.77 bits per heavy atom. The molecule has 0 aliphatic carbocycles. The van der Waals surface area contributed by atoms with Gasteiger partial charge in [0.05, 0.1) is 25.3 Å². The van der Waals surface area contributed by atoms with Gasteiger partial charge in [-0.3, -0.25) is 29.6 Å². The van der Waals surface area contributed by atoms with Crippen molar-refractivity contribution in [3.8, 4) is 0 Å². The smallest absolute Gasteiger partial charge is 0.315 e. The van der Waals surface area contributed by atoms with Crippen LogP contribution in [0, 0.1) is 0 Å². The Hall–Kier alpha value is -2.97. The molecule has 0 aliphatic heterocycles. The fraction of sp³-hybridized carbons (Fsp3) is 0.471. The third kappa shape index (κ3) is 6.88. The second kappa shape index (κ2) is 10.8. The Bertz CT molecular complexity index is 635. The maximum Gasteiger partial charge on any atom is 0.315 e. The quantitative estimate of drug-likeness (QED) is 0.413. The van der Waals surface area contributed by atoms with Gasteiger partial charge < -0.3 is 9.47 Å². The average Bonchev–Trinajstić information content (AvgIpc) is 2.59. The van der Waals surface area contributed by atoms with Gasteiger partial charge >= 0.3 is 11.9 Å². The summed E-state index contributed by atoms with van der Waals surface area (Å²) >= 11 is 0. The van der Waals surface area contributed by atoms with E-state index in [-0.39, 0.29) is 19.6 Å². The summed E-state index contributed by atoms with van der Waals surface area (Å²) in [5, 5.41) is 0.929. The lowest BCUT2D eigenvalue weighted by molar-refractivity contribution is -0.155. The van der Waals surface area contributed by atoms with Gasteiger partial charge in [-0.15, -0.1) is 0 Å². The number of aromatic nitrogens is 1. The summed E-state index contributed by atoms with van der Waals surface area (Å²) < 4.78 is 9.71. The van der Waals surface area contributed by atoms with Gasteiger partial charge in [-0.1, -0.05) is 6.07 Å². The summed E-state index contributed by atoms with van der Waals surface area (Å²) in [5.41, 5.74) is 2.73. The van der Waals surface area contributed by atoms with Crippen molar-refractivity contribution in [3.05, 3.63) is 30.1 Å². The van der Waals surface area contributed by atoms with Crippen LogP contribution in [0.3, 0.4) is 0 Å². The first-order valence-electron chi connectivity index (χ1n) is 8.20. The standard InChI is InChI=1S/C17H23N3O6/c1-4-25-16(23)10-14(13-8-6-7-9-18-13)20(19-12(3)21)15(22)11-17(24)26-5-2/h6-9,14H,4-5,10-11H2,1-3H3,(H,19,21). The summed E-state index contributed by atoms with van der Waals surface area (Å²) in [4.78, 5) is 51.9. The maximum absolute atomic E-state index is 12.5. The molecular formula is C17H23N3O6. The molecule has 2 amide bonds. The number of esters is 2. The van der Waals surface area contributed by atoms with Crippen molar-refractivity contribution in [1.82, 2.24) is 15.4 Å². The van der Waals surface area contributed by atoms with Crippen LogP contribution in [0.15, 0.2) is 24.4 Å². The zero-order valence-corrected chi connectivity index (χ0v) is 15.1. The van der Waals surface area contributed by atoms with Crippen LogP contribution >= 0.6 is 0 Å². The zero-order valence-electron chi connectivity index (χ0n) is 15.1. The molecular weight excluding hydrogens is 342 g/mol. The summed E-state index contributed by atoms with van der Waals surface area (Å²) in [6.07, 6.45) is 0.676. The van der Waals surface area contributed by atoms with Gasteiger partial charge in [0.1, 0.15) is 12.5 Å². The molecule has 142 valence electrons. The molecule has 0 fully saturated rings. The Labute approximate surface area is 151 Å². The van der Waals surface area contributed by atoms with E-state index in [1.807, 2.05) is 0 Å². The first kappa shape index (κ1) is 21.1. The number of nitrogens with one attached hydrogen (secondary N) is 1. The van der Waals surface area contributed by atoms with Crippen molar-refractivity contribution in [1.29, 1.82) is 0 Å². The van der Waals surface area contributed by atoms with Gasteiger partial charge in [0.25, 0.3) is 5.91 Å². The summed E-state index contributed by atoms with van der Waals surface area (Å²) in [6.45, 7) is 4.78. The van der Waals surface area contributed by atoms with Crippen LogP contribution in [-0.4, -0.2) is 47.0 Å². The number of ether oxygens (including phenoxy) is 2. The number of rotatable bonds is 8. The highest BCUT2D eigenvalue weighted by atomic mass is 16.5. The first-order valence-corrected chi connectivity index (χ1v) is 8.20. The van der Waals surface area contributed by atoms with Crippen LogP contribution in [0.2, 0.25) is 0 Å². The minimum atomic E-state index is -0.930. The Morgan fingerprint density at radius 1 is 1.12 bits per heavy atom. The monoisotopic (exact) mass is 365 g/mol. The average molecular weight is 365 g/mol. The minimum Gasteiger partial charge on any atom is -0.466 e. The molecule has 0 saturated heterocycles. The molecule has 1 rings (SSSR count). The third-order valence-electron chi connectivity index (χ3n) is 3.15. The van der Waals surface area contributed by atoms with E-state index in [4.69, 9.17) is 9.47 Å². The number of hydrogen-bond acceptors (Lipinski definition) is 7. The third-order valence-corrected chi connectivity index (χ3v) is 3.15. The highest BCUT2D eigenvalue weighted by molar-refractivity contribution is 5.95. The van der Waals surface area contributed by atoms with Crippen LogP contribution in [0.5, 0.6) is 0 Å². The lowest BCUT2D eigenvalue weighted by atomic mass is 10.1. The highest BCUT2D eigenvalue weighted by Gasteiger charge is 2.31. The van der Waals surface area contributed by atoms with Crippen LogP contribution in [-0.2, 0) is 28.7 Å². The molecule has 0 saturated carbocycles. The summed E-state index contributed by atoms with van der Waals surface area (Å²) in [6, 6.07) is 4.04. The lowest BCUT2D eigenvalue weighted by Gasteiger charge is -2.30. The van der Waals surface area contributed by atoms with Crippen LogP contribution in [0.25, 0.3) is 0 Å². The molecule has 1 unspecified atom stereocenters. The van der Waals surface area contributed by atoms with Gasteiger partial charge in [0.15, 0.2) is 0 Å². The minimum absolute atomic E-state index is 0.124. The topological polar surface area (TPSA) is 115 Å². The van der Waals surface area contributed by atoms with Crippen molar-refractivity contribution in [2.75, 3.05) is 13.2 Å². The molecule has 1 heterocycles. The summed E-state index contributed by atoms with van der Waals surface area (Å²) in [5.74, 6) is -2.56. The molecule has 1 N–H and O–H groups in total. The van der Waals surface area contributed by atoms with Crippen molar-refractivity contribution in [3.63, 3.8) is 0 Å². The van der Waals surface area contributed by atoms with Crippen molar-refractivity contribution in [2.45, 2.75) is 39.7 Å². The number of nitrogens with zero attached hydrogens (tertiary/aromatic N) is 2. The van der Waals surface area contributed by atoms with E-state index in [0.717, 1.165) is 5.01 Å². The van der Waals surface area contributed by atoms with Gasteiger partial charge in [0, 0.05) is 13.1 Å². The molecule has 1 aromatic rings. The molecule has 0 radical (unpaired) electrons. The molecule has 0 aromatic carbocycles. The Kier molecular flexibility index (Phi) is 8.76. The fourth-order valence-corrected chi connectivity index (χ4v) is 2.18. The maximum atomic E-state index is 12.5. The molecule has 0 aliphatic rings.